The summed E-state index contributed by atoms with van der Waals surface area (Å²) in [5.74, 6) is 6.62. The van der Waals surface area contributed by atoms with Crippen LogP contribution in [-0.2, 0) is 0 Å². The third-order valence-electron chi connectivity index (χ3n) is 2.18. The average molecular weight is 381 g/mol. The van der Waals surface area contributed by atoms with Gasteiger partial charge in [-0.05, 0) is 30.1 Å². The standard InChI is InChI=1S/C11H24S7/c1-2-11(14,15)18-6-3-5-16-9-10(8-13)17-7-4-12/h10,12-15H,2-9H2,1H3. The highest BCUT2D eigenvalue weighted by Gasteiger charge is 2.17. The second-order valence-corrected chi connectivity index (χ2v) is 11.0. The van der Waals surface area contributed by atoms with E-state index in [4.69, 9.17) is 0 Å². The summed E-state index contributed by atoms with van der Waals surface area (Å²) < 4.78 is -0.152. The molecule has 0 saturated carbocycles. The number of thiol groups is 4. The molecule has 7 heteroatoms. The van der Waals surface area contributed by atoms with Gasteiger partial charge in [0.2, 0.25) is 0 Å². The van der Waals surface area contributed by atoms with Gasteiger partial charge in [0, 0.05) is 22.5 Å². The molecule has 0 saturated heterocycles. The molecule has 1 atom stereocenters. The Bertz CT molecular complexity index is 186. The molecule has 0 spiro atoms. The Kier molecular flexibility index (Phi) is 14.9. The van der Waals surface area contributed by atoms with E-state index in [2.05, 4.69) is 57.4 Å². The second-order valence-electron chi connectivity index (χ2n) is 3.77. The molecule has 110 valence electrons. The molecule has 0 heterocycles. The van der Waals surface area contributed by atoms with Crippen LogP contribution in [0.1, 0.15) is 19.8 Å². The molecule has 0 amide bonds. The van der Waals surface area contributed by atoms with Gasteiger partial charge in [0.1, 0.15) is 3.41 Å². The van der Waals surface area contributed by atoms with Crippen molar-refractivity contribution in [1.82, 2.24) is 0 Å². The summed E-state index contributed by atoms with van der Waals surface area (Å²) in [4.78, 5) is 0. The summed E-state index contributed by atoms with van der Waals surface area (Å²) in [6.45, 7) is 2.12. The van der Waals surface area contributed by atoms with Crippen molar-refractivity contribution in [2.75, 3.05) is 34.5 Å². The Morgan fingerprint density at radius 1 is 1.11 bits per heavy atom. The lowest BCUT2D eigenvalue weighted by atomic mass is 10.5. The van der Waals surface area contributed by atoms with Gasteiger partial charge in [0.15, 0.2) is 0 Å². The first-order valence-corrected chi connectivity index (χ1v) is 11.4. The van der Waals surface area contributed by atoms with Crippen LogP contribution in [0.2, 0.25) is 0 Å². The monoisotopic (exact) mass is 380 g/mol. The van der Waals surface area contributed by atoms with Crippen molar-refractivity contribution in [1.29, 1.82) is 0 Å². The minimum atomic E-state index is -0.152. The van der Waals surface area contributed by atoms with Crippen molar-refractivity contribution in [2.45, 2.75) is 28.4 Å². The fourth-order valence-electron chi connectivity index (χ4n) is 1.09. The van der Waals surface area contributed by atoms with Crippen LogP contribution in [-0.4, -0.2) is 43.2 Å². The fourth-order valence-corrected chi connectivity index (χ4v) is 5.69. The van der Waals surface area contributed by atoms with Gasteiger partial charge in [-0.25, -0.2) is 0 Å². The van der Waals surface area contributed by atoms with Crippen molar-refractivity contribution < 1.29 is 0 Å². The topological polar surface area (TPSA) is 0 Å². The van der Waals surface area contributed by atoms with Gasteiger partial charge < -0.3 is 0 Å². The summed E-state index contributed by atoms with van der Waals surface area (Å²) in [7, 11) is 0. The molecule has 0 N–H and O–H groups in total. The van der Waals surface area contributed by atoms with E-state index in [1.165, 1.54) is 17.9 Å². The first-order chi connectivity index (χ1) is 8.55. The highest BCUT2D eigenvalue weighted by atomic mass is 32.2. The van der Waals surface area contributed by atoms with E-state index in [0.29, 0.717) is 5.25 Å². The zero-order valence-electron chi connectivity index (χ0n) is 10.7. The van der Waals surface area contributed by atoms with Crippen molar-refractivity contribution >= 4 is 85.8 Å². The van der Waals surface area contributed by atoms with Crippen LogP contribution in [0.3, 0.4) is 0 Å². The summed E-state index contributed by atoms with van der Waals surface area (Å²) in [6, 6.07) is 0. The minimum absolute atomic E-state index is 0.152. The Morgan fingerprint density at radius 3 is 2.39 bits per heavy atom. The summed E-state index contributed by atoms with van der Waals surface area (Å²) in [6.07, 6.45) is 2.22. The van der Waals surface area contributed by atoms with E-state index < -0.39 is 0 Å². The lowest BCUT2D eigenvalue weighted by Gasteiger charge is -2.19. The van der Waals surface area contributed by atoms with Crippen molar-refractivity contribution in [3.8, 4) is 0 Å². The van der Waals surface area contributed by atoms with Gasteiger partial charge in [-0.3, -0.25) is 0 Å². The molecule has 0 radical (unpaired) electrons. The number of hydrogen-bond donors (Lipinski definition) is 4. The van der Waals surface area contributed by atoms with Crippen LogP contribution in [0.25, 0.3) is 0 Å². The van der Waals surface area contributed by atoms with Gasteiger partial charge in [-0.15, -0.1) is 11.8 Å². The first-order valence-electron chi connectivity index (χ1n) is 6.05. The normalized spacial score (nSPS) is 13.8. The molecule has 0 rings (SSSR count). The molecular weight excluding hydrogens is 357 g/mol. The zero-order valence-corrected chi connectivity index (χ0v) is 16.8. The Balaban J connectivity index is 3.43. The molecule has 0 aromatic rings. The predicted octanol–water partition coefficient (Wildman–Crippen LogP) is 4.73. The lowest BCUT2D eigenvalue weighted by molar-refractivity contribution is 1.01. The van der Waals surface area contributed by atoms with Gasteiger partial charge in [-0.2, -0.15) is 74.0 Å². The quantitative estimate of drug-likeness (QED) is 0.220. The SMILES string of the molecule is CCC(S)(S)SCCCSCC(CS)SCCS. The maximum Gasteiger partial charge on any atom is 0.101 e. The van der Waals surface area contributed by atoms with E-state index in [1.54, 1.807) is 0 Å². The average Bonchev–Trinajstić information content (AvgIpc) is 2.37. The predicted molar refractivity (Wildman–Crippen MR) is 109 cm³/mol. The van der Waals surface area contributed by atoms with Crippen molar-refractivity contribution in [3.05, 3.63) is 0 Å². The van der Waals surface area contributed by atoms with E-state index in [0.717, 1.165) is 29.4 Å². The van der Waals surface area contributed by atoms with E-state index in [1.807, 2.05) is 35.3 Å². The van der Waals surface area contributed by atoms with Crippen molar-refractivity contribution in [3.63, 3.8) is 0 Å². The van der Waals surface area contributed by atoms with Crippen LogP contribution >= 0.6 is 85.8 Å². The van der Waals surface area contributed by atoms with Crippen LogP contribution in [0.5, 0.6) is 0 Å². The van der Waals surface area contributed by atoms with E-state index >= 15 is 0 Å². The molecule has 0 aromatic heterocycles. The van der Waals surface area contributed by atoms with Gasteiger partial charge in [0.25, 0.3) is 0 Å². The highest BCUT2D eigenvalue weighted by molar-refractivity contribution is 8.24. The second kappa shape index (κ2) is 13.1. The lowest BCUT2D eigenvalue weighted by Crippen LogP contribution is -2.10. The van der Waals surface area contributed by atoms with E-state index in [9.17, 15) is 0 Å². The third-order valence-corrected chi connectivity index (χ3v) is 8.71. The number of rotatable bonds is 12. The summed E-state index contributed by atoms with van der Waals surface area (Å²) >= 11 is 23.5. The Hall–Kier alpha value is 2.45. The smallest absolute Gasteiger partial charge is 0.101 e. The summed E-state index contributed by atoms with van der Waals surface area (Å²) in [5, 5.41) is 0.669. The molecule has 18 heavy (non-hydrogen) atoms. The summed E-state index contributed by atoms with van der Waals surface area (Å²) in [5.41, 5.74) is 0. The third kappa shape index (κ3) is 12.2. The fraction of sp³-hybridized carbons (Fsp3) is 1.00. The number of thioether (sulfide) groups is 3. The first kappa shape index (κ1) is 20.5. The Labute approximate surface area is 147 Å². The molecule has 0 aromatic carbocycles. The molecule has 0 aliphatic heterocycles. The molecule has 0 fully saturated rings. The van der Waals surface area contributed by atoms with Gasteiger partial charge in [0.05, 0.1) is 0 Å². The molecule has 0 bridgehead atoms. The van der Waals surface area contributed by atoms with Gasteiger partial charge in [-0.1, -0.05) is 6.92 Å². The molecule has 0 aliphatic carbocycles. The number of hydrogen-bond acceptors (Lipinski definition) is 7. The molecule has 0 nitrogen and oxygen atoms in total. The van der Waals surface area contributed by atoms with Crippen LogP contribution in [0, 0.1) is 0 Å². The maximum atomic E-state index is 4.50. The highest BCUT2D eigenvalue weighted by Crippen LogP contribution is 2.37. The van der Waals surface area contributed by atoms with E-state index in [-0.39, 0.29) is 3.41 Å². The molecular formula is C11H24S7. The largest absolute Gasteiger partial charge is 0.179 e. The molecule has 0 aliphatic rings. The maximum absolute atomic E-state index is 4.50. The molecule has 1 unspecified atom stereocenters. The van der Waals surface area contributed by atoms with Crippen LogP contribution < -0.4 is 0 Å². The van der Waals surface area contributed by atoms with Crippen LogP contribution in [0.4, 0.5) is 0 Å². The Morgan fingerprint density at radius 2 is 1.83 bits per heavy atom. The minimum Gasteiger partial charge on any atom is -0.179 e. The van der Waals surface area contributed by atoms with Crippen LogP contribution in [0.15, 0.2) is 0 Å². The zero-order chi connectivity index (χ0) is 13.9. The van der Waals surface area contributed by atoms with Crippen molar-refractivity contribution in [2.24, 2.45) is 0 Å². The van der Waals surface area contributed by atoms with Gasteiger partial charge >= 0.3 is 0 Å².